The lowest BCUT2D eigenvalue weighted by Crippen LogP contribution is -2.43. The lowest BCUT2D eigenvalue weighted by Gasteiger charge is -2.21. The van der Waals surface area contributed by atoms with Crippen LogP contribution in [0.3, 0.4) is 0 Å². The summed E-state index contributed by atoms with van der Waals surface area (Å²) in [5.41, 5.74) is -0.102. The van der Waals surface area contributed by atoms with Crippen molar-refractivity contribution >= 4 is 5.91 Å². The molecule has 0 aromatic carbocycles. The summed E-state index contributed by atoms with van der Waals surface area (Å²) in [5.74, 6) is -0.105. The molecule has 1 heterocycles. The molecule has 0 spiro atoms. The summed E-state index contributed by atoms with van der Waals surface area (Å²) in [4.78, 5) is 23.4. The van der Waals surface area contributed by atoms with Gasteiger partial charge in [0.1, 0.15) is 0 Å². The molecule has 0 saturated heterocycles. The topological polar surface area (TPSA) is 71.3 Å². The third-order valence-corrected chi connectivity index (χ3v) is 3.80. The van der Waals surface area contributed by atoms with Gasteiger partial charge in [0, 0.05) is 25.2 Å². The van der Waals surface area contributed by atoms with Crippen molar-refractivity contribution in [1.82, 2.24) is 9.88 Å². The molecule has 1 aliphatic carbocycles. The van der Waals surface area contributed by atoms with Crippen LogP contribution in [0, 0.1) is 0 Å². The highest BCUT2D eigenvalue weighted by molar-refractivity contribution is 5.76. The lowest BCUT2D eigenvalue weighted by molar-refractivity contribution is -0.123. The molecule has 5 heteroatoms. The molecule has 2 atom stereocenters. The van der Waals surface area contributed by atoms with E-state index in [2.05, 4.69) is 5.32 Å². The van der Waals surface area contributed by atoms with Crippen molar-refractivity contribution in [3.63, 3.8) is 0 Å². The van der Waals surface area contributed by atoms with E-state index in [9.17, 15) is 14.7 Å². The van der Waals surface area contributed by atoms with Crippen molar-refractivity contribution in [2.75, 3.05) is 0 Å². The van der Waals surface area contributed by atoms with Gasteiger partial charge in [-0.2, -0.15) is 0 Å². The normalized spacial score (nSPS) is 23.1. The van der Waals surface area contributed by atoms with Crippen LogP contribution in [0.15, 0.2) is 29.2 Å². The van der Waals surface area contributed by atoms with E-state index in [0.717, 1.165) is 32.1 Å². The molecule has 1 amide bonds. The molecule has 2 N–H and O–H groups in total. The molecule has 2 rings (SSSR count). The zero-order valence-electron chi connectivity index (χ0n) is 11.6. The fraction of sp³-hybridized carbons (Fsp3) is 0.600. The average Bonchev–Trinajstić information content (AvgIpc) is 2.63. The van der Waals surface area contributed by atoms with Crippen LogP contribution in [-0.4, -0.2) is 27.7 Å². The van der Waals surface area contributed by atoms with Crippen molar-refractivity contribution in [3.8, 4) is 0 Å². The maximum absolute atomic E-state index is 11.9. The number of amides is 1. The van der Waals surface area contributed by atoms with Crippen LogP contribution in [0.5, 0.6) is 0 Å². The Balaban J connectivity index is 1.83. The van der Waals surface area contributed by atoms with Gasteiger partial charge in [0.05, 0.1) is 12.1 Å². The Bertz CT molecular complexity index is 498. The highest BCUT2D eigenvalue weighted by Crippen LogP contribution is 2.18. The van der Waals surface area contributed by atoms with Crippen LogP contribution >= 0.6 is 0 Å². The maximum Gasteiger partial charge on any atom is 0.250 e. The predicted octanol–water partition coefficient (Wildman–Crippen LogP) is 1.05. The SMILES string of the molecule is O=C(CCn1ccccc1=O)NC1CCCCCC1O. The van der Waals surface area contributed by atoms with Crippen molar-refractivity contribution in [2.45, 2.75) is 57.2 Å². The number of hydrogen-bond acceptors (Lipinski definition) is 3. The van der Waals surface area contributed by atoms with Gasteiger partial charge in [-0.25, -0.2) is 0 Å². The second-order valence-corrected chi connectivity index (χ2v) is 5.36. The Morgan fingerprint density at radius 3 is 2.90 bits per heavy atom. The third-order valence-electron chi connectivity index (χ3n) is 3.80. The molecular formula is C15H22N2O3. The molecule has 0 radical (unpaired) electrons. The van der Waals surface area contributed by atoms with Gasteiger partial charge in [-0.1, -0.05) is 25.3 Å². The lowest BCUT2D eigenvalue weighted by atomic mass is 10.1. The number of aliphatic hydroxyl groups excluding tert-OH is 1. The summed E-state index contributed by atoms with van der Waals surface area (Å²) >= 11 is 0. The zero-order valence-corrected chi connectivity index (χ0v) is 11.6. The fourth-order valence-electron chi connectivity index (χ4n) is 2.60. The molecule has 110 valence electrons. The average molecular weight is 278 g/mol. The fourth-order valence-corrected chi connectivity index (χ4v) is 2.60. The van der Waals surface area contributed by atoms with E-state index in [1.54, 1.807) is 18.3 Å². The second kappa shape index (κ2) is 7.24. The quantitative estimate of drug-likeness (QED) is 0.809. The standard InChI is InChI=1S/C15H22N2O3/c18-13-7-3-1-2-6-12(13)16-14(19)9-11-17-10-5-4-8-15(17)20/h4-5,8,10,12-13,18H,1-3,6-7,9,11H2,(H,16,19). The van der Waals surface area contributed by atoms with Crippen LogP contribution in [0.1, 0.15) is 38.5 Å². The molecule has 1 fully saturated rings. The summed E-state index contributed by atoms with van der Waals surface area (Å²) in [6, 6.07) is 4.79. The number of pyridine rings is 1. The van der Waals surface area contributed by atoms with E-state index in [-0.39, 0.29) is 23.9 Å². The number of carbonyl (C=O) groups excluding carboxylic acids is 1. The number of aryl methyl sites for hydroxylation is 1. The summed E-state index contributed by atoms with van der Waals surface area (Å²) in [5, 5.41) is 12.9. The first kappa shape index (κ1) is 14.8. The molecular weight excluding hydrogens is 256 g/mol. The minimum Gasteiger partial charge on any atom is -0.391 e. The van der Waals surface area contributed by atoms with E-state index in [0.29, 0.717) is 6.54 Å². The van der Waals surface area contributed by atoms with Gasteiger partial charge < -0.3 is 15.0 Å². The van der Waals surface area contributed by atoms with Crippen LogP contribution in [-0.2, 0) is 11.3 Å². The molecule has 5 nitrogen and oxygen atoms in total. The summed E-state index contributed by atoms with van der Waals surface area (Å²) in [6.07, 6.45) is 6.25. The predicted molar refractivity (Wildman–Crippen MR) is 76.3 cm³/mol. The Morgan fingerprint density at radius 1 is 1.30 bits per heavy atom. The van der Waals surface area contributed by atoms with E-state index in [1.165, 1.54) is 10.6 Å². The van der Waals surface area contributed by atoms with Gasteiger partial charge in [-0.15, -0.1) is 0 Å². The Kier molecular flexibility index (Phi) is 5.35. The Morgan fingerprint density at radius 2 is 2.10 bits per heavy atom. The number of hydrogen-bond donors (Lipinski definition) is 2. The van der Waals surface area contributed by atoms with Gasteiger partial charge in [-0.3, -0.25) is 9.59 Å². The molecule has 1 aromatic rings. The largest absolute Gasteiger partial charge is 0.391 e. The Hall–Kier alpha value is -1.62. The molecule has 0 bridgehead atoms. The summed E-state index contributed by atoms with van der Waals surface area (Å²) < 4.78 is 1.52. The van der Waals surface area contributed by atoms with Gasteiger partial charge >= 0.3 is 0 Å². The smallest absolute Gasteiger partial charge is 0.250 e. The zero-order chi connectivity index (χ0) is 14.4. The minimum absolute atomic E-state index is 0.102. The van der Waals surface area contributed by atoms with Gasteiger partial charge in [0.15, 0.2) is 0 Å². The molecule has 1 saturated carbocycles. The highest BCUT2D eigenvalue weighted by atomic mass is 16.3. The first-order valence-electron chi connectivity index (χ1n) is 7.30. The molecule has 0 aliphatic heterocycles. The van der Waals surface area contributed by atoms with Crippen LogP contribution in [0.4, 0.5) is 0 Å². The van der Waals surface area contributed by atoms with E-state index < -0.39 is 6.10 Å². The van der Waals surface area contributed by atoms with E-state index in [1.807, 2.05) is 0 Å². The highest BCUT2D eigenvalue weighted by Gasteiger charge is 2.22. The molecule has 1 aliphatic rings. The maximum atomic E-state index is 11.9. The summed E-state index contributed by atoms with van der Waals surface area (Å²) in [6.45, 7) is 0.369. The van der Waals surface area contributed by atoms with Crippen molar-refractivity contribution in [3.05, 3.63) is 34.7 Å². The van der Waals surface area contributed by atoms with Crippen LogP contribution in [0.2, 0.25) is 0 Å². The number of rotatable bonds is 4. The van der Waals surface area contributed by atoms with Crippen molar-refractivity contribution < 1.29 is 9.90 Å². The van der Waals surface area contributed by atoms with Crippen molar-refractivity contribution in [1.29, 1.82) is 0 Å². The monoisotopic (exact) mass is 278 g/mol. The first-order chi connectivity index (χ1) is 9.66. The number of carbonyl (C=O) groups is 1. The second-order valence-electron chi connectivity index (χ2n) is 5.36. The third kappa shape index (κ3) is 4.20. The number of nitrogens with zero attached hydrogens (tertiary/aromatic N) is 1. The van der Waals surface area contributed by atoms with Gasteiger partial charge in [0.25, 0.3) is 5.56 Å². The number of nitrogens with one attached hydrogen (secondary N) is 1. The molecule has 20 heavy (non-hydrogen) atoms. The first-order valence-corrected chi connectivity index (χ1v) is 7.30. The summed E-state index contributed by atoms with van der Waals surface area (Å²) in [7, 11) is 0. The molecule has 1 aromatic heterocycles. The van der Waals surface area contributed by atoms with Crippen LogP contribution < -0.4 is 10.9 Å². The Labute approximate surface area is 118 Å². The molecule has 2 unspecified atom stereocenters. The number of aliphatic hydroxyl groups is 1. The van der Waals surface area contributed by atoms with E-state index in [4.69, 9.17) is 0 Å². The van der Waals surface area contributed by atoms with E-state index >= 15 is 0 Å². The number of aromatic nitrogens is 1. The van der Waals surface area contributed by atoms with Gasteiger partial charge in [-0.05, 0) is 18.9 Å². The minimum atomic E-state index is -0.444. The van der Waals surface area contributed by atoms with Crippen molar-refractivity contribution in [2.24, 2.45) is 0 Å². The van der Waals surface area contributed by atoms with Gasteiger partial charge in [0.2, 0.25) is 5.91 Å². The van der Waals surface area contributed by atoms with Crippen LogP contribution in [0.25, 0.3) is 0 Å².